The Bertz CT molecular complexity index is 516. The minimum atomic E-state index is -0.740. The van der Waals surface area contributed by atoms with Gasteiger partial charge in [0.05, 0.1) is 19.1 Å². The number of amides is 1. The summed E-state index contributed by atoms with van der Waals surface area (Å²) in [6, 6.07) is 2.98. The van der Waals surface area contributed by atoms with Crippen molar-refractivity contribution < 1.29 is 18.7 Å². The lowest BCUT2D eigenvalue weighted by molar-refractivity contribution is -0.141. The number of hydrogen-bond donors (Lipinski definition) is 0. The lowest BCUT2D eigenvalue weighted by atomic mass is 10.2. The molecule has 0 atom stereocenters. The van der Waals surface area contributed by atoms with Gasteiger partial charge in [-0.1, -0.05) is 0 Å². The van der Waals surface area contributed by atoms with Crippen LogP contribution in [0.5, 0.6) is 0 Å². The van der Waals surface area contributed by atoms with Crippen LogP contribution >= 0.6 is 0 Å². The SMILES string of the molecule is COC(=O)CCN1CCN(C(=O)c2cccnc2F)CC1. The highest BCUT2D eigenvalue weighted by Crippen LogP contribution is 2.11. The quantitative estimate of drug-likeness (QED) is 0.599. The van der Waals surface area contributed by atoms with Crippen molar-refractivity contribution in [2.24, 2.45) is 0 Å². The van der Waals surface area contributed by atoms with E-state index in [2.05, 4.69) is 14.6 Å². The molecule has 0 unspecified atom stereocenters. The van der Waals surface area contributed by atoms with Crippen molar-refractivity contribution in [1.29, 1.82) is 0 Å². The molecule has 2 rings (SSSR count). The Morgan fingerprint density at radius 1 is 1.33 bits per heavy atom. The highest BCUT2D eigenvalue weighted by atomic mass is 19.1. The van der Waals surface area contributed by atoms with Gasteiger partial charge in [-0.15, -0.1) is 0 Å². The van der Waals surface area contributed by atoms with Gasteiger partial charge in [0.2, 0.25) is 5.95 Å². The highest BCUT2D eigenvalue weighted by molar-refractivity contribution is 5.94. The molecular formula is C14H18FN3O3. The van der Waals surface area contributed by atoms with Gasteiger partial charge in [-0.05, 0) is 12.1 Å². The number of halogens is 1. The average Bonchev–Trinajstić information content (AvgIpc) is 2.53. The molecule has 2 heterocycles. The predicted molar refractivity (Wildman–Crippen MR) is 73.2 cm³/mol. The number of rotatable bonds is 4. The molecule has 1 aliphatic rings. The number of methoxy groups -OCH3 is 1. The van der Waals surface area contributed by atoms with Crippen LogP contribution in [-0.2, 0) is 9.53 Å². The third-order valence-electron chi connectivity index (χ3n) is 3.51. The minimum absolute atomic E-state index is 0.000473. The van der Waals surface area contributed by atoms with Gasteiger partial charge < -0.3 is 9.64 Å². The van der Waals surface area contributed by atoms with Crippen LogP contribution in [-0.4, -0.2) is 66.5 Å². The number of ether oxygens (including phenoxy) is 1. The zero-order chi connectivity index (χ0) is 15.2. The third-order valence-corrected chi connectivity index (χ3v) is 3.51. The first-order chi connectivity index (χ1) is 10.1. The van der Waals surface area contributed by atoms with E-state index in [0.29, 0.717) is 39.1 Å². The molecule has 0 aromatic carbocycles. The van der Waals surface area contributed by atoms with Gasteiger partial charge in [0, 0.05) is 38.9 Å². The largest absolute Gasteiger partial charge is 0.469 e. The number of hydrogen-bond acceptors (Lipinski definition) is 5. The summed E-state index contributed by atoms with van der Waals surface area (Å²) in [7, 11) is 1.36. The Labute approximate surface area is 122 Å². The van der Waals surface area contributed by atoms with Crippen LogP contribution in [0.1, 0.15) is 16.8 Å². The molecule has 1 fully saturated rings. The smallest absolute Gasteiger partial charge is 0.306 e. The number of esters is 1. The van der Waals surface area contributed by atoms with Crippen LogP contribution in [0, 0.1) is 5.95 Å². The van der Waals surface area contributed by atoms with E-state index in [1.54, 1.807) is 11.0 Å². The van der Waals surface area contributed by atoms with E-state index in [0.717, 1.165) is 0 Å². The van der Waals surface area contributed by atoms with Crippen LogP contribution in [0.2, 0.25) is 0 Å². The third kappa shape index (κ3) is 3.98. The number of nitrogens with zero attached hydrogens (tertiary/aromatic N) is 3. The molecule has 1 aromatic rings. The van der Waals surface area contributed by atoms with Crippen molar-refractivity contribution in [1.82, 2.24) is 14.8 Å². The first-order valence-electron chi connectivity index (χ1n) is 6.81. The molecule has 0 spiro atoms. The van der Waals surface area contributed by atoms with Crippen molar-refractivity contribution in [3.05, 3.63) is 29.8 Å². The summed E-state index contributed by atoms with van der Waals surface area (Å²) in [5.41, 5.74) is 0.000473. The first-order valence-corrected chi connectivity index (χ1v) is 6.81. The van der Waals surface area contributed by atoms with Crippen LogP contribution in [0.4, 0.5) is 4.39 Å². The Morgan fingerprint density at radius 2 is 2.05 bits per heavy atom. The molecule has 0 saturated carbocycles. The Morgan fingerprint density at radius 3 is 2.67 bits per heavy atom. The fraction of sp³-hybridized carbons (Fsp3) is 0.500. The van der Waals surface area contributed by atoms with Crippen molar-refractivity contribution >= 4 is 11.9 Å². The number of carbonyl (C=O) groups is 2. The summed E-state index contributed by atoms with van der Waals surface area (Å²) in [6.07, 6.45) is 1.65. The van der Waals surface area contributed by atoms with E-state index in [4.69, 9.17) is 0 Å². The zero-order valence-electron chi connectivity index (χ0n) is 11.9. The number of piperazine rings is 1. The van der Waals surface area contributed by atoms with Crippen molar-refractivity contribution in [3.63, 3.8) is 0 Å². The van der Waals surface area contributed by atoms with Gasteiger partial charge in [-0.3, -0.25) is 14.5 Å². The van der Waals surface area contributed by atoms with Gasteiger partial charge in [0.15, 0.2) is 0 Å². The van der Waals surface area contributed by atoms with Crippen LogP contribution < -0.4 is 0 Å². The van der Waals surface area contributed by atoms with Crippen LogP contribution in [0.25, 0.3) is 0 Å². The van der Waals surface area contributed by atoms with Gasteiger partial charge in [0.25, 0.3) is 5.91 Å². The molecule has 1 saturated heterocycles. The standard InChI is InChI=1S/C14H18FN3O3/c1-21-12(19)4-6-17-7-9-18(10-8-17)14(20)11-3-2-5-16-13(11)15/h2-3,5H,4,6-10H2,1H3. The van der Waals surface area contributed by atoms with Crippen molar-refractivity contribution in [3.8, 4) is 0 Å². The summed E-state index contributed by atoms with van der Waals surface area (Å²) in [5.74, 6) is -1.32. The molecule has 21 heavy (non-hydrogen) atoms. The van der Waals surface area contributed by atoms with E-state index in [9.17, 15) is 14.0 Å². The summed E-state index contributed by atoms with van der Waals surface area (Å²) >= 11 is 0. The molecule has 7 heteroatoms. The highest BCUT2D eigenvalue weighted by Gasteiger charge is 2.24. The molecule has 114 valence electrons. The Hall–Kier alpha value is -2.02. The van der Waals surface area contributed by atoms with E-state index in [1.807, 2.05) is 0 Å². The second-order valence-electron chi connectivity index (χ2n) is 4.80. The van der Waals surface area contributed by atoms with Crippen molar-refractivity contribution in [2.45, 2.75) is 6.42 Å². The first kappa shape index (κ1) is 15.4. The van der Waals surface area contributed by atoms with Gasteiger partial charge in [0.1, 0.15) is 0 Å². The lowest BCUT2D eigenvalue weighted by Gasteiger charge is -2.34. The van der Waals surface area contributed by atoms with E-state index < -0.39 is 5.95 Å². The fourth-order valence-corrected chi connectivity index (χ4v) is 2.24. The minimum Gasteiger partial charge on any atom is -0.469 e. The molecule has 0 bridgehead atoms. The van der Waals surface area contributed by atoms with E-state index in [1.165, 1.54) is 19.4 Å². The number of aromatic nitrogens is 1. The topological polar surface area (TPSA) is 62.7 Å². The molecular weight excluding hydrogens is 277 g/mol. The average molecular weight is 295 g/mol. The summed E-state index contributed by atoms with van der Waals surface area (Å²) in [6.45, 7) is 2.94. The second-order valence-corrected chi connectivity index (χ2v) is 4.80. The van der Waals surface area contributed by atoms with Gasteiger partial charge in [-0.25, -0.2) is 4.98 Å². The molecule has 6 nitrogen and oxygen atoms in total. The van der Waals surface area contributed by atoms with Crippen LogP contribution in [0.3, 0.4) is 0 Å². The summed E-state index contributed by atoms with van der Waals surface area (Å²) in [4.78, 5) is 30.5. The van der Waals surface area contributed by atoms with Gasteiger partial charge in [-0.2, -0.15) is 4.39 Å². The molecule has 1 aromatic heterocycles. The lowest BCUT2D eigenvalue weighted by Crippen LogP contribution is -2.49. The van der Waals surface area contributed by atoms with Crippen LogP contribution in [0.15, 0.2) is 18.3 Å². The number of carbonyl (C=O) groups excluding carboxylic acids is 2. The number of pyridine rings is 1. The predicted octanol–water partition coefficient (Wildman–Crippen LogP) is 0.542. The Balaban J connectivity index is 1.85. The van der Waals surface area contributed by atoms with E-state index in [-0.39, 0.29) is 17.4 Å². The maximum atomic E-state index is 13.5. The van der Waals surface area contributed by atoms with E-state index >= 15 is 0 Å². The van der Waals surface area contributed by atoms with Crippen molar-refractivity contribution in [2.75, 3.05) is 39.8 Å². The molecule has 0 radical (unpaired) electrons. The summed E-state index contributed by atoms with van der Waals surface area (Å²) in [5, 5.41) is 0. The molecule has 0 N–H and O–H groups in total. The Kier molecular flexibility index (Phi) is 5.21. The second kappa shape index (κ2) is 7.12. The molecule has 1 amide bonds. The summed E-state index contributed by atoms with van der Waals surface area (Å²) < 4.78 is 18.1. The zero-order valence-corrected chi connectivity index (χ0v) is 11.9. The molecule has 0 aliphatic carbocycles. The van der Waals surface area contributed by atoms with Gasteiger partial charge >= 0.3 is 5.97 Å². The monoisotopic (exact) mass is 295 g/mol. The molecule has 1 aliphatic heterocycles. The maximum Gasteiger partial charge on any atom is 0.306 e. The maximum absolute atomic E-state index is 13.5. The fourth-order valence-electron chi connectivity index (χ4n) is 2.24. The normalized spacial score (nSPS) is 15.8.